The number of rotatable bonds is 1. The minimum absolute atomic E-state index is 0.130. The smallest absolute Gasteiger partial charge is 0.0160 e. The summed E-state index contributed by atoms with van der Waals surface area (Å²) in [6, 6.07) is 0.259. The normalized spacial score (nSPS) is 20.0. The van der Waals surface area contributed by atoms with Crippen molar-refractivity contribution in [2.24, 2.45) is 11.5 Å². The molecule has 0 radical (unpaired) electrons. The van der Waals surface area contributed by atoms with Gasteiger partial charge < -0.3 is 11.5 Å². The lowest BCUT2D eigenvalue weighted by atomic mass is 10.2. The Balaban J connectivity index is 2.99. The third kappa shape index (κ3) is 2.18. The lowest BCUT2D eigenvalue weighted by Gasteiger charge is -2.06. The van der Waals surface area contributed by atoms with Gasteiger partial charge in [-0.2, -0.15) is 0 Å². The van der Waals surface area contributed by atoms with Gasteiger partial charge in [0.2, 0.25) is 0 Å². The van der Waals surface area contributed by atoms with Crippen LogP contribution in [-0.4, -0.2) is 12.1 Å². The Labute approximate surface area is 38.5 Å². The van der Waals surface area contributed by atoms with E-state index in [0.717, 1.165) is 0 Å². The Hall–Kier alpha value is -0.0800. The molecule has 0 aliphatic rings. The fourth-order valence-corrected chi connectivity index (χ4v) is 0. The van der Waals surface area contributed by atoms with Crippen molar-refractivity contribution in [3.63, 3.8) is 0 Å². The summed E-state index contributed by atoms with van der Waals surface area (Å²) in [6.07, 6.45) is 0. The molecule has 38 valence electrons. The van der Waals surface area contributed by atoms with Crippen LogP contribution in [0.5, 0.6) is 0 Å². The Bertz CT molecular complexity index is 26.5. The van der Waals surface area contributed by atoms with Gasteiger partial charge in [0.25, 0.3) is 0 Å². The molecule has 0 fully saturated rings. The first-order chi connectivity index (χ1) is 2.64. The van der Waals surface area contributed by atoms with Gasteiger partial charge in [-0.15, -0.1) is 0 Å². The fraction of sp³-hybridized carbons (Fsp3) is 1.00. The van der Waals surface area contributed by atoms with Crippen molar-refractivity contribution in [1.82, 2.24) is 0 Å². The van der Waals surface area contributed by atoms with Crippen molar-refractivity contribution in [3.8, 4) is 0 Å². The van der Waals surface area contributed by atoms with Crippen LogP contribution in [0, 0.1) is 0 Å². The highest BCUT2D eigenvalue weighted by atomic mass is 14.7. The molecule has 0 rings (SSSR count). The van der Waals surface area contributed by atoms with Gasteiger partial charge in [0.1, 0.15) is 0 Å². The zero-order valence-electron chi connectivity index (χ0n) is 4.31. The highest BCUT2D eigenvalue weighted by Gasteiger charge is 1.96. The molecule has 0 saturated carbocycles. The van der Waals surface area contributed by atoms with Gasteiger partial charge in [0.05, 0.1) is 0 Å². The Kier molecular flexibility index (Phi) is 2.13. The molecule has 0 bridgehead atoms. The first-order valence-electron chi connectivity index (χ1n) is 2.15. The molecule has 0 aromatic carbocycles. The summed E-state index contributed by atoms with van der Waals surface area (Å²) in [7, 11) is 0. The molecule has 1 unspecified atom stereocenters. The lowest BCUT2D eigenvalue weighted by molar-refractivity contribution is 0.603. The first kappa shape index (κ1) is 5.92. The predicted molar refractivity (Wildman–Crippen MR) is 27.3 cm³/mol. The average molecular weight is 88.2 g/mol. The second-order valence-corrected chi connectivity index (χ2v) is 1.72. The molecular formula is C4H12N2. The Morgan fingerprint density at radius 2 is 1.17 bits per heavy atom. The van der Waals surface area contributed by atoms with E-state index in [-0.39, 0.29) is 12.1 Å². The van der Waals surface area contributed by atoms with E-state index < -0.39 is 0 Å². The van der Waals surface area contributed by atoms with Gasteiger partial charge in [0, 0.05) is 12.1 Å². The van der Waals surface area contributed by atoms with Crippen LogP contribution < -0.4 is 11.5 Å². The summed E-state index contributed by atoms with van der Waals surface area (Å²) in [5, 5.41) is 0. The summed E-state index contributed by atoms with van der Waals surface area (Å²) in [5.74, 6) is 0. The number of hydrogen-bond donors (Lipinski definition) is 2. The molecule has 0 heterocycles. The minimum Gasteiger partial charge on any atom is -0.327 e. The van der Waals surface area contributed by atoms with E-state index in [1.165, 1.54) is 0 Å². The van der Waals surface area contributed by atoms with Gasteiger partial charge in [0.15, 0.2) is 0 Å². The van der Waals surface area contributed by atoms with Gasteiger partial charge in [-0.1, -0.05) is 0 Å². The van der Waals surface area contributed by atoms with E-state index in [1.807, 2.05) is 13.8 Å². The summed E-state index contributed by atoms with van der Waals surface area (Å²) >= 11 is 0. The van der Waals surface area contributed by atoms with Crippen LogP contribution in [-0.2, 0) is 0 Å². The SMILES string of the molecule is CC(N)[C@@H](C)N. The summed E-state index contributed by atoms with van der Waals surface area (Å²) in [4.78, 5) is 0. The molecule has 0 spiro atoms. The largest absolute Gasteiger partial charge is 0.327 e. The third-order valence-electron chi connectivity index (χ3n) is 0.829. The van der Waals surface area contributed by atoms with Crippen LogP contribution in [0.1, 0.15) is 13.8 Å². The van der Waals surface area contributed by atoms with Gasteiger partial charge >= 0.3 is 0 Å². The fourth-order valence-electron chi connectivity index (χ4n) is 0. The van der Waals surface area contributed by atoms with Crippen LogP contribution in [0.25, 0.3) is 0 Å². The maximum Gasteiger partial charge on any atom is 0.0160 e. The van der Waals surface area contributed by atoms with E-state index in [0.29, 0.717) is 0 Å². The van der Waals surface area contributed by atoms with E-state index in [9.17, 15) is 0 Å². The predicted octanol–water partition coefficient (Wildman–Crippen LogP) is -0.319. The van der Waals surface area contributed by atoms with Crippen LogP contribution in [0.4, 0.5) is 0 Å². The zero-order chi connectivity index (χ0) is 5.15. The molecule has 0 aromatic heterocycles. The maximum atomic E-state index is 5.31. The van der Waals surface area contributed by atoms with Crippen molar-refractivity contribution in [1.29, 1.82) is 0 Å². The number of hydrogen-bond acceptors (Lipinski definition) is 2. The van der Waals surface area contributed by atoms with E-state index in [2.05, 4.69) is 0 Å². The topological polar surface area (TPSA) is 52.0 Å². The molecular weight excluding hydrogens is 76.1 g/mol. The summed E-state index contributed by atoms with van der Waals surface area (Å²) in [5.41, 5.74) is 10.6. The van der Waals surface area contributed by atoms with Crippen molar-refractivity contribution >= 4 is 0 Å². The van der Waals surface area contributed by atoms with Gasteiger partial charge in [-0.05, 0) is 13.8 Å². The van der Waals surface area contributed by atoms with Gasteiger partial charge in [-0.25, -0.2) is 0 Å². The van der Waals surface area contributed by atoms with Crippen molar-refractivity contribution in [2.75, 3.05) is 0 Å². The van der Waals surface area contributed by atoms with Crippen molar-refractivity contribution < 1.29 is 0 Å². The molecule has 4 N–H and O–H groups in total. The number of nitrogens with two attached hydrogens (primary N) is 2. The Morgan fingerprint density at radius 1 is 1.00 bits per heavy atom. The van der Waals surface area contributed by atoms with Crippen LogP contribution in [0.15, 0.2) is 0 Å². The summed E-state index contributed by atoms with van der Waals surface area (Å²) in [6.45, 7) is 3.79. The van der Waals surface area contributed by atoms with E-state index in [1.54, 1.807) is 0 Å². The standard InChI is InChI=1S/C4H12N2/c1-3(5)4(2)6/h3-4H,5-6H2,1-2H3/t3-,4?/m1/s1. The zero-order valence-corrected chi connectivity index (χ0v) is 4.31. The molecule has 2 nitrogen and oxygen atoms in total. The van der Waals surface area contributed by atoms with Crippen LogP contribution in [0.3, 0.4) is 0 Å². The maximum absolute atomic E-state index is 5.31. The third-order valence-corrected chi connectivity index (χ3v) is 0.829. The summed E-state index contributed by atoms with van der Waals surface area (Å²) < 4.78 is 0. The van der Waals surface area contributed by atoms with Crippen LogP contribution >= 0.6 is 0 Å². The highest BCUT2D eigenvalue weighted by Crippen LogP contribution is 1.77. The second kappa shape index (κ2) is 2.16. The van der Waals surface area contributed by atoms with Crippen molar-refractivity contribution in [3.05, 3.63) is 0 Å². The average Bonchev–Trinajstić information content (AvgIpc) is 1.36. The lowest BCUT2D eigenvalue weighted by Crippen LogP contribution is -2.35. The highest BCUT2D eigenvalue weighted by molar-refractivity contribution is 4.63. The minimum atomic E-state index is 0.130. The molecule has 2 heteroatoms. The monoisotopic (exact) mass is 88.1 g/mol. The van der Waals surface area contributed by atoms with Crippen molar-refractivity contribution in [2.45, 2.75) is 25.9 Å². The second-order valence-electron chi connectivity index (χ2n) is 1.72. The van der Waals surface area contributed by atoms with E-state index >= 15 is 0 Å². The quantitative estimate of drug-likeness (QED) is 0.461. The molecule has 0 aromatic rings. The molecule has 0 aliphatic heterocycles. The molecule has 6 heavy (non-hydrogen) atoms. The first-order valence-corrected chi connectivity index (χ1v) is 2.15. The molecule has 0 saturated heterocycles. The Morgan fingerprint density at radius 3 is 1.17 bits per heavy atom. The molecule has 0 amide bonds. The molecule has 2 atom stereocenters. The van der Waals surface area contributed by atoms with Crippen LogP contribution in [0.2, 0.25) is 0 Å². The molecule has 0 aliphatic carbocycles. The van der Waals surface area contributed by atoms with Gasteiger partial charge in [-0.3, -0.25) is 0 Å². The van der Waals surface area contributed by atoms with E-state index in [4.69, 9.17) is 11.5 Å².